The van der Waals surface area contributed by atoms with Crippen molar-refractivity contribution in [3.8, 4) is 0 Å². The number of hydrogen-bond donors (Lipinski definition) is 1. The van der Waals surface area contributed by atoms with Crippen molar-refractivity contribution in [2.75, 3.05) is 13.1 Å². The molecule has 0 spiro atoms. The molecule has 1 aliphatic heterocycles. The van der Waals surface area contributed by atoms with E-state index in [1.165, 1.54) is 12.8 Å². The highest BCUT2D eigenvalue weighted by molar-refractivity contribution is 4.97. The van der Waals surface area contributed by atoms with Gasteiger partial charge in [0.25, 0.3) is 0 Å². The fraction of sp³-hybridized carbons (Fsp3) is 1.00. The zero-order valence-corrected chi connectivity index (χ0v) is 6.40. The van der Waals surface area contributed by atoms with Gasteiger partial charge in [-0.05, 0) is 36.8 Å². The van der Waals surface area contributed by atoms with Gasteiger partial charge in [-0.15, -0.1) is 0 Å². The second-order valence-corrected chi connectivity index (χ2v) is 3.43. The summed E-state index contributed by atoms with van der Waals surface area (Å²) in [4.78, 5) is 2.77. The molecular weight excluding hydrogens is 140 g/mol. The van der Waals surface area contributed by atoms with E-state index in [2.05, 4.69) is 15.3 Å². The van der Waals surface area contributed by atoms with Gasteiger partial charge in [0.1, 0.15) is 0 Å². The molecule has 2 fully saturated rings. The molecule has 0 amide bonds. The number of azide groups is 1. The molecule has 60 valence electrons. The van der Waals surface area contributed by atoms with Gasteiger partial charge in [0, 0.05) is 17.5 Å². The Morgan fingerprint density at radius 2 is 2.45 bits per heavy atom. The van der Waals surface area contributed by atoms with E-state index in [1.807, 2.05) is 0 Å². The summed E-state index contributed by atoms with van der Waals surface area (Å²) in [7, 11) is 0. The molecule has 1 saturated carbocycles. The molecule has 4 nitrogen and oxygen atoms in total. The second-order valence-electron chi connectivity index (χ2n) is 3.43. The highest BCUT2D eigenvalue weighted by Gasteiger charge is 2.41. The quantitative estimate of drug-likeness (QED) is 0.362. The van der Waals surface area contributed by atoms with E-state index in [9.17, 15) is 0 Å². The van der Waals surface area contributed by atoms with Crippen LogP contribution in [0.3, 0.4) is 0 Å². The lowest BCUT2D eigenvalue weighted by molar-refractivity contribution is 0.211. The normalized spacial score (nSPS) is 40.5. The number of fused-ring (bicyclic) bond motifs is 1. The largest absolute Gasteiger partial charge is 0.313 e. The molecule has 3 atom stereocenters. The molecule has 0 bridgehead atoms. The highest BCUT2D eigenvalue weighted by Crippen LogP contribution is 2.40. The van der Waals surface area contributed by atoms with Crippen LogP contribution in [0.4, 0.5) is 0 Å². The molecule has 4 heteroatoms. The van der Waals surface area contributed by atoms with Crippen LogP contribution in [0.15, 0.2) is 5.11 Å². The Balaban J connectivity index is 1.90. The van der Waals surface area contributed by atoms with Gasteiger partial charge in [-0.3, -0.25) is 0 Å². The summed E-state index contributed by atoms with van der Waals surface area (Å²) in [5, 5.41) is 6.98. The standard InChI is InChI=1S/C7H12N4/c8-11-10-4-7-6-2-1-5(6)3-9-7/h5-7,9H,1-4H2. The van der Waals surface area contributed by atoms with Crippen molar-refractivity contribution in [1.82, 2.24) is 5.32 Å². The van der Waals surface area contributed by atoms with E-state index in [1.54, 1.807) is 0 Å². The Hall–Kier alpha value is -0.730. The summed E-state index contributed by atoms with van der Waals surface area (Å²) in [5.41, 5.74) is 8.13. The van der Waals surface area contributed by atoms with Gasteiger partial charge in [-0.1, -0.05) is 5.11 Å². The summed E-state index contributed by atoms with van der Waals surface area (Å²) in [5.74, 6) is 1.69. The van der Waals surface area contributed by atoms with Crippen molar-refractivity contribution in [2.24, 2.45) is 17.0 Å². The molecule has 0 radical (unpaired) electrons. The summed E-state index contributed by atoms with van der Waals surface area (Å²) in [6.07, 6.45) is 2.69. The first-order valence-corrected chi connectivity index (χ1v) is 4.16. The first kappa shape index (κ1) is 6.95. The molecule has 2 aliphatic rings. The molecule has 11 heavy (non-hydrogen) atoms. The second kappa shape index (κ2) is 2.72. The molecule has 1 aliphatic carbocycles. The van der Waals surface area contributed by atoms with Crippen LogP contribution in [0.25, 0.3) is 10.4 Å². The smallest absolute Gasteiger partial charge is 0.0414 e. The van der Waals surface area contributed by atoms with Crippen molar-refractivity contribution < 1.29 is 0 Å². The fourth-order valence-electron chi connectivity index (χ4n) is 2.16. The van der Waals surface area contributed by atoms with Gasteiger partial charge in [-0.25, -0.2) is 0 Å². The highest BCUT2D eigenvalue weighted by atomic mass is 15.2. The lowest BCUT2D eigenvalue weighted by Gasteiger charge is -2.32. The monoisotopic (exact) mass is 152 g/mol. The lowest BCUT2D eigenvalue weighted by atomic mass is 9.73. The van der Waals surface area contributed by atoms with Crippen LogP contribution in [0, 0.1) is 11.8 Å². The van der Waals surface area contributed by atoms with Crippen molar-refractivity contribution in [3.63, 3.8) is 0 Å². The number of hydrogen-bond acceptors (Lipinski definition) is 2. The third kappa shape index (κ3) is 1.08. The van der Waals surface area contributed by atoms with Crippen molar-refractivity contribution in [2.45, 2.75) is 18.9 Å². The number of nitrogens with zero attached hydrogens (tertiary/aromatic N) is 3. The van der Waals surface area contributed by atoms with E-state index in [0.29, 0.717) is 12.6 Å². The minimum absolute atomic E-state index is 0.477. The Morgan fingerprint density at radius 1 is 1.55 bits per heavy atom. The average molecular weight is 152 g/mol. The summed E-state index contributed by atoms with van der Waals surface area (Å²) >= 11 is 0. The van der Waals surface area contributed by atoms with Crippen molar-refractivity contribution in [3.05, 3.63) is 10.4 Å². The molecule has 2 rings (SSSR count). The summed E-state index contributed by atoms with van der Waals surface area (Å²) in [6, 6.07) is 0.477. The topological polar surface area (TPSA) is 60.8 Å². The van der Waals surface area contributed by atoms with E-state index < -0.39 is 0 Å². The molecule has 1 heterocycles. The third-order valence-electron chi connectivity index (χ3n) is 2.98. The van der Waals surface area contributed by atoms with Crippen LogP contribution in [-0.2, 0) is 0 Å². The van der Waals surface area contributed by atoms with Crippen LogP contribution in [-0.4, -0.2) is 19.1 Å². The summed E-state index contributed by atoms with van der Waals surface area (Å²) < 4.78 is 0. The number of rotatable bonds is 2. The van der Waals surface area contributed by atoms with E-state index in [4.69, 9.17) is 5.53 Å². The van der Waals surface area contributed by atoms with E-state index in [0.717, 1.165) is 18.4 Å². The maximum absolute atomic E-state index is 8.13. The molecule has 0 aromatic rings. The zero-order valence-electron chi connectivity index (χ0n) is 6.40. The molecule has 0 aromatic carbocycles. The van der Waals surface area contributed by atoms with Crippen LogP contribution in [0.5, 0.6) is 0 Å². The fourth-order valence-corrected chi connectivity index (χ4v) is 2.16. The first-order chi connectivity index (χ1) is 5.42. The van der Waals surface area contributed by atoms with E-state index in [-0.39, 0.29) is 0 Å². The Bertz CT molecular complexity index is 197. The minimum atomic E-state index is 0.477. The van der Waals surface area contributed by atoms with Crippen molar-refractivity contribution in [1.29, 1.82) is 0 Å². The van der Waals surface area contributed by atoms with Gasteiger partial charge in [-0.2, -0.15) is 0 Å². The van der Waals surface area contributed by atoms with Gasteiger partial charge in [0.05, 0.1) is 0 Å². The van der Waals surface area contributed by atoms with Gasteiger partial charge < -0.3 is 5.32 Å². The summed E-state index contributed by atoms with van der Waals surface area (Å²) in [6.45, 7) is 1.77. The van der Waals surface area contributed by atoms with Crippen molar-refractivity contribution >= 4 is 0 Å². The van der Waals surface area contributed by atoms with Crippen LogP contribution < -0.4 is 5.32 Å². The maximum atomic E-state index is 8.13. The molecule has 0 aromatic heterocycles. The number of nitrogens with one attached hydrogen (secondary N) is 1. The molecule has 1 N–H and O–H groups in total. The van der Waals surface area contributed by atoms with Gasteiger partial charge in [0.2, 0.25) is 0 Å². The lowest BCUT2D eigenvalue weighted by Crippen LogP contribution is -2.33. The molecular formula is C7H12N4. The van der Waals surface area contributed by atoms with E-state index >= 15 is 0 Å². The molecule has 3 unspecified atom stereocenters. The maximum Gasteiger partial charge on any atom is 0.0414 e. The predicted molar refractivity (Wildman–Crippen MR) is 42.0 cm³/mol. The predicted octanol–water partition coefficient (Wildman–Crippen LogP) is 1.29. The van der Waals surface area contributed by atoms with Crippen LogP contribution in [0.1, 0.15) is 12.8 Å². The van der Waals surface area contributed by atoms with Gasteiger partial charge in [0.15, 0.2) is 0 Å². The van der Waals surface area contributed by atoms with Gasteiger partial charge >= 0.3 is 0 Å². The van der Waals surface area contributed by atoms with Crippen LogP contribution >= 0.6 is 0 Å². The first-order valence-electron chi connectivity index (χ1n) is 4.16. The average Bonchev–Trinajstić information content (AvgIpc) is 2.22. The Morgan fingerprint density at radius 3 is 3.00 bits per heavy atom. The van der Waals surface area contributed by atoms with Crippen LogP contribution in [0.2, 0.25) is 0 Å². The SMILES string of the molecule is [N-]=[N+]=NCC1NCC2CCC21. The Kier molecular flexibility index (Phi) is 1.72. The Labute approximate surface area is 65.6 Å². The minimum Gasteiger partial charge on any atom is -0.313 e. The molecule has 1 saturated heterocycles. The zero-order chi connectivity index (χ0) is 7.68. The third-order valence-corrected chi connectivity index (χ3v) is 2.98.